The summed E-state index contributed by atoms with van der Waals surface area (Å²) < 4.78 is 11.8. The van der Waals surface area contributed by atoms with Crippen LogP contribution in [0.1, 0.15) is 12.5 Å². The predicted octanol–water partition coefficient (Wildman–Crippen LogP) is 4.03. The smallest absolute Gasteiger partial charge is 0.280 e. The molecule has 2 rings (SSSR count). The summed E-state index contributed by atoms with van der Waals surface area (Å²) in [6.07, 6.45) is 5.93. The van der Waals surface area contributed by atoms with Crippen molar-refractivity contribution in [2.24, 2.45) is 5.10 Å². The van der Waals surface area contributed by atoms with Crippen molar-refractivity contribution in [3.05, 3.63) is 57.5 Å². The molecule has 1 atom stereocenters. The minimum absolute atomic E-state index is 0.138. The number of carbonyl (C=O) groups excluding carboxylic acids is 1. The Labute approximate surface area is 165 Å². The van der Waals surface area contributed by atoms with Gasteiger partial charge in [-0.2, -0.15) is 5.10 Å². The topological polar surface area (TPSA) is 59.9 Å². The molecule has 26 heavy (non-hydrogen) atoms. The average Bonchev–Trinajstić information content (AvgIpc) is 2.61. The molecule has 0 bridgehead atoms. The Bertz CT molecular complexity index is 849. The first-order chi connectivity index (χ1) is 12.5. The van der Waals surface area contributed by atoms with Crippen LogP contribution >= 0.6 is 27.5 Å². The molecule has 1 N–H and O–H groups in total. The average molecular weight is 436 g/mol. The summed E-state index contributed by atoms with van der Waals surface area (Å²) in [6.45, 7) is 1.76. The van der Waals surface area contributed by atoms with Gasteiger partial charge in [0.15, 0.2) is 6.10 Å². The molecular weight excluding hydrogens is 420 g/mol. The van der Waals surface area contributed by atoms with Crippen molar-refractivity contribution in [1.29, 1.82) is 0 Å². The second kappa shape index (κ2) is 9.85. The fraction of sp³-hybridized carbons (Fsp3) is 0.158. The Hall–Kier alpha value is -2.49. The highest BCUT2D eigenvalue weighted by Crippen LogP contribution is 2.22. The van der Waals surface area contributed by atoms with E-state index in [4.69, 9.17) is 27.5 Å². The molecule has 7 heteroatoms. The SMILES string of the molecule is C#CCOc1ccc(Br)cc1C=NNC(=O)[C@H](C)Oc1cccc(Cl)c1. The maximum absolute atomic E-state index is 12.1. The van der Waals surface area contributed by atoms with Crippen molar-refractivity contribution >= 4 is 39.7 Å². The maximum Gasteiger partial charge on any atom is 0.280 e. The number of halogens is 2. The van der Waals surface area contributed by atoms with E-state index in [-0.39, 0.29) is 6.61 Å². The number of amides is 1. The molecule has 5 nitrogen and oxygen atoms in total. The van der Waals surface area contributed by atoms with Crippen LogP contribution in [0.15, 0.2) is 52.0 Å². The number of hydrazone groups is 1. The van der Waals surface area contributed by atoms with Crippen LogP contribution in [0.5, 0.6) is 11.5 Å². The van der Waals surface area contributed by atoms with Crippen LogP contribution in [0.25, 0.3) is 0 Å². The highest BCUT2D eigenvalue weighted by Gasteiger charge is 2.14. The van der Waals surface area contributed by atoms with Crippen LogP contribution in [0.3, 0.4) is 0 Å². The summed E-state index contributed by atoms with van der Waals surface area (Å²) >= 11 is 9.27. The van der Waals surface area contributed by atoms with Crippen molar-refractivity contribution in [2.45, 2.75) is 13.0 Å². The summed E-state index contributed by atoms with van der Waals surface area (Å²) in [7, 11) is 0. The number of ether oxygens (including phenoxy) is 2. The van der Waals surface area contributed by atoms with Crippen molar-refractivity contribution in [3.63, 3.8) is 0 Å². The van der Waals surface area contributed by atoms with E-state index >= 15 is 0 Å². The van der Waals surface area contributed by atoms with Gasteiger partial charge in [0.2, 0.25) is 0 Å². The lowest BCUT2D eigenvalue weighted by Gasteiger charge is -2.13. The van der Waals surface area contributed by atoms with Gasteiger partial charge in [0.25, 0.3) is 5.91 Å². The number of rotatable bonds is 7. The van der Waals surface area contributed by atoms with Crippen molar-refractivity contribution in [1.82, 2.24) is 5.43 Å². The third kappa shape index (κ3) is 6.10. The second-order valence-corrected chi connectivity index (χ2v) is 6.48. The molecular formula is C19H16BrClN2O3. The quantitative estimate of drug-likeness (QED) is 0.406. The zero-order valence-electron chi connectivity index (χ0n) is 13.9. The van der Waals surface area contributed by atoms with E-state index in [2.05, 4.69) is 32.4 Å². The molecule has 0 saturated carbocycles. The van der Waals surface area contributed by atoms with E-state index < -0.39 is 12.0 Å². The molecule has 134 valence electrons. The van der Waals surface area contributed by atoms with Crippen LogP contribution in [-0.4, -0.2) is 24.8 Å². The molecule has 0 saturated heterocycles. The van der Waals surface area contributed by atoms with Gasteiger partial charge < -0.3 is 9.47 Å². The van der Waals surface area contributed by atoms with Gasteiger partial charge in [-0.15, -0.1) is 6.42 Å². The van der Waals surface area contributed by atoms with E-state index in [0.717, 1.165) is 4.47 Å². The Balaban J connectivity index is 1.98. The molecule has 0 aliphatic carbocycles. The number of hydrogen-bond acceptors (Lipinski definition) is 4. The van der Waals surface area contributed by atoms with E-state index in [1.807, 2.05) is 6.07 Å². The molecule has 0 fully saturated rings. The monoisotopic (exact) mass is 434 g/mol. The number of nitrogens with zero attached hydrogens (tertiary/aromatic N) is 1. The summed E-state index contributed by atoms with van der Waals surface area (Å²) in [6, 6.07) is 12.2. The summed E-state index contributed by atoms with van der Waals surface area (Å²) in [4.78, 5) is 12.1. The first kappa shape index (κ1) is 19.8. The standard InChI is InChI=1S/C19H16BrClN2O3/c1-3-9-25-18-8-7-15(20)10-14(18)12-22-23-19(24)13(2)26-17-6-4-5-16(21)11-17/h1,4-8,10-13H,9H2,2H3,(H,23,24)/t13-/m0/s1. The van der Waals surface area contributed by atoms with E-state index in [9.17, 15) is 4.79 Å². The molecule has 0 aromatic heterocycles. The van der Waals surface area contributed by atoms with Gasteiger partial charge in [0, 0.05) is 15.1 Å². The first-order valence-corrected chi connectivity index (χ1v) is 8.77. The molecule has 0 aliphatic rings. The first-order valence-electron chi connectivity index (χ1n) is 7.60. The molecule has 0 aliphatic heterocycles. The van der Waals surface area contributed by atoms with Gasteiger partial charge in [-0.25, -0.2) is 5.43 Å². The molecule has 0 spiro atoms. The third-order valence-corrected chi connectivity index (χ3v) is 3.87. The number of hydrogen-bond donors (Lipinski definition) is 1. The Morgan fingerprint density at radius 3 is 2.96 bits per heavy atom. The van der Waals surface area contributed by atoms with Gasteiger partial charge in [0.05, 0.1) is 6.21 Å². The summed E-state index contributed by atoms with van der Waals surface area (Å²) in [5.41, 5.74) is 3.10. The van der Waals surface area contributed by atoms with Gasteiger partial charge in [-0.3, -0.25) is 4.79 Å². The Kier molecular flexibility index (Phi) is 7.52. The van der Waals surface area contributed by atoms with E-state index in [1.54, 1.807) is 43.3 Å². The highest BCUT2D eigenvalue weighted by molar-refractivity contribution is 9.10. The molecule has 0 heterocycles. The van der Waals surface area contributed by atoms with Gasteiger partial charge >= 0.3 is 0 Å². The van der Waals surface area contributed by atoms with E-state index in [0.29, 0.717) is 22.1 Å². The molecule has 0 radical (unpaired) electrons. The maximum atomic E-state index is 12.1. The van der Waals surface area contributed by atoms with Crippen molar-refractivity contribution in [3.8, 4) is 23.8 Å². The van der Waals surface area contributed by atoms with Gasteiger partial charge in [-0.1, -0.05) is 39.5 Å². The van der Waals surface area contributed by atoms with Crippen LogP contribution in [-0.2, 0) is 4.79 Å². The molecule has 2 aromatic rings. The molecule has 2 aromatic carbocycles. The van der Waals surface area contributed by atoms with E-state index in [1.165, 1.54) is 6.21 Å². The predicted molar refractivity (Wildman–Crippen MR) is 106 cm³/mol. The Morgan fingerprint density at radius 1 is 1.42 bits per heavy atom. The number of terminal acetylenes is 1. The highest BCUT2D eigenvalue weighted by atomic mass is 79.9. The fourth-order valence-electron chi connectivity index (χ4n) is 1.93. The third-order valence-electron chi connectivity index (χ3n) is 3.14. The van der Waals surface area contributed by atoms with Gasteiger partial charge in [0.1, 0.15) is 18.1 Å². The lowest BCUT2D eigenvalue weighted by atomic mass is 10.2. The normalized spacial score (nSPS) is 11.6. The lowest BCUT2D eigenvalue weighted by molar-refractivity contribution is -0.127. The minimum atomic E-state index is -0.745. The molecule has 1 amide bonds. The summed E-state index contributed by atoms with van der Waals surface area (Å²) in [5.74, 6) is 3.06. The van der Waals surface area contributed by atoms with Crippen LogP contribution in [0, 0.1) is 12.3 Å². The van der Waals surface area contributed by atoms with Crippen LogP contribution in [0.2, 0.25) is 5.02 Å². The van der Waals surface area contributed by atoms with Crippen molar-refractivity contribution in [2.75, 3.05) is 6.61 Å². The van der Waals surface area contributed by atoms with Crippen LogP contribution < -0.4 is 14.9 Å². The zero-order chi connectivity index (χ0) is 18.9. The Morgan fingerprint density at radius 2 is 2.23 bits per heavy atom. The number of carbonyl (C=O) groups is 1. The minimum Gasteiger partial charge on any atom is -0.481 e. The second-order valence-electron chi connectivity index (χ2n) is 5.13. The zero-order valence-corrected chi connectivity index (χ0v) is 16.3. The number of nitrogens with one attached hydrogen (secondary N) is 1. The fourth-order valence-corrected chi connectivity index (χ4v) is 2.48. The van der Waals surface area contributed by atoms with Crippen molar-refractivity contribution < 1.29 is 14.3 Å². The molecule has 0 unspecified atom stereocenters. The van der Waals surface area contributed by atoms with Crippen LogP contribution in [0.4, 0.5) is 0 Å². The largest absolute Gasteiger partial charge is 0.481 e. The number of benzene rings is 2. The lowest BCUT2D eigenvalue weighted by Crippen LogP contribution is -2.33. The van der Waals surface area contributed by atoms with Gasteiger partial charge in [-0.05, 0) is 43.3 Å². The summed E-state index contributed by atoms with van der Waals surface area (Å²) in [5, 5.41) is 4.48.